The monoisotopic (exact) mass is 328 g/mol. The Balaban J connectivity index is 2.61. The molecule has 1 rings (SSSR count). The molecule has 1 aromatic carbocycles. The molecular formula is C17H26ClFN2O. The number of carbonyl (C=O) groups excluding carboxylic acids is 1. The van der Waals surface area contributed by atoms with Crippen molar-refractivity contribution in [3.63, 3.8) is 0 Å². The van der Waals surface area contributed by atoms with Crippen LogP contribution in [0.4, 0.5) is 9.18 Å². The highest BCUT2D eigenvalue weighted by atomic mass is 35.5. The fourth-order valence-electron chi connectivity index (χ4n) is 2.38. The number of rotatable bonds is 7. The van der Waals surface area contributed by atoms with Gasteiger partial charge in [-0.25, -0.2) is 9.18 Å². The summed E-state index contributed by atoms with van der Waals surface area (Å²) >= 11 is 5.89. The number of halogens is 2. The van der Waals surface area contributed by atoms with Gasteiger partial charge >= 0.3 is 6.03 Å². The zero-order chi connectivity index (χ0) is 16.7. The van der Waals surface area contributed by atoms with Crippen LogP contribution in [0.5, 0.6) is 0 Å². The van der Waals surface area contributed by atoms with Gasteiger partial charge in [-0.15, -0.1) is 0 Å². The topological polar surface area (TPSA) is 32.3 Å². The summed E-state index contributed by atoms with van der Waals surface area (Å²) in [7, 11) is 1.80. The molecule has 0 radical (unpaired) electrons. The van der Waals surface area contributed by atoms with Crippen molar-refractivity contribution in [2.45, 2.75) is 52.6 Å². The highest BCUT2D eigenvalue weighted by Crippen LogP contribution is 2.20. The zero-order valence-electron chi connectivity index (χ0n) is 13.8. The minimum absolute atomic E-state index is 0.0668. The van der Waals surface area contributed by atoms with Gasteiger partial charge in [0.05, 0.1) is 5.02 Å². The van der Waals surface area contributed by atoms with E-state index in [2.05, 4.69) is 26.1 Å². The van der Waals surface area contributed by atoms with Crippen molar-refractivity contribution < 1.29 is 9.18 Å². The molecule has 0 bridgehead atoms. The number of hydrogen-bond donors (Lipinski definition) is 1. The second-order valence-electron chi connectivity index (χ2n) is 5.79. The van der Waals surface area contributed by atoms with Gasteiger partial charge in [-0.1, -0.05) is 50.9 Å². The van der Waals surface area contributed by atoms with Crippen LogP contribution >= 0.6 is 11.6 Å². The van der Waals surface area contributed by atoms with Crippen molar-refractivity contribution in [1.29, 1.82) is 0 Å². The Morgan fingerprint density at radius 2 is 2.05 bits per heavy atom. The molecule has 2 atom stereocenters. The maximum Gasteiger partial charge on any atom is 0.317 e. The molecule has 0 heterocycles. The lowest BCUT2D eigenvalue weighted by molar-refractivity contribution is 0.177. The van der Waals surface area contributed by atoms with E-state index in [-0.39, 0.29) is 23.6 Å². The molecule has 2 amide bonds. The molecule has 3 nitrogen and oxygen atoms in total. The van der Waals surface area contributed by atoms with Crippen molar-refractivity contribution in [3.8, 4) is 0 Å². The van der Waals surface area contributed by atoms with E-state index >= 15 is 0 Å². The summed E-state index contributed by atoms with van der Waals surface area (Å²) in [6, 6.07) is 4.65. The Kier molecular flexibility index (Phi) is 7.66. The Morgan fingerprint density at radius 3 is 2.64 bits per heavy atom. The molecular weight excluding hydrogens is 303 g/mol. The van der Waals surface area contributed by atoms with Crippen LogP contribution < -0.4 is 5.32 Å². The van der Waals surface area contributed by atoms with Gasteiger partial charge in [0.2, 0.25) is 0 Å². The second-order valence-corrected chi connectivity index (χ2v) is 6.17. The summed E-state index contributed by atoms with van der Waals surface area (Å²) in [5.74, 6) is 0.114. The van der Waals surface area contributed by atoms with Gasteiger partial charge in [-0.05, 0) is 30.4 Å². The number of hydrogen-bond acceptors (Lipinski definition) is 1. The molecule has 0 fully saturated rings. The number of nitrogens with one attached hydrogen (secondary N) is 1. The molecule has 0 aliphatic heterocycles. The third kappa shape index (κ3) is 5.16. The highest BCUT2D eigenvalue weighted by molar-refractivity contribution is 6.31. The van der Waals surface area contributed by atoms with Crippen molar-refractivity contribution in [2.24, 2.45) is 5.92 Å². The van der Waals surface area contributed by atoms with E-state index in [1.165, 1.54) is 6.07 Å². The predicted molar refractivity (Wildman–Crippen MR) is 89.6 cm³/mol. The fourth-order valence-corrected chi connectivity index (χ4v) is 2.57. The molecule has 0 aliphatic carbocycles. The van der Waals surface area contributed by atoms with Crippen LogP contribution in [0.1, 0.15) is 45.6 Å². The van der Waals surface area contributed by atoms with Crippen LogP contribution in [0.25, 0.3) is 0 Å². The molecule has 0 aromatic heterocycles. The molecule has 0 saturated carbocycles. The lowest BCUT2D eigenvalue weighted by atomic mass is 9.97. The molecule has 0 spiro atoms. The van der Waals surface area contributed by atoms with Gasteiger partial charge in [0, 0.05) is 19.6 Å². The summed E-state index contributed by atoms with van der Waals surface area (Å²) < 4.78 is 13.4. The van der Waals surface area contributed by atoms with Crippen molar-refractivity contribution in [1.82, 2.24) is 10.2 Å². The van der Waals surface area contributed by atoms with E-state index in [0.29, 0.717) is 11.5 Å². The molecule has 2 unspecified atom stereocenters. The van der Waals surface area contributed by atoms with E-state index < -0.39 is 5.82 Å². The van der Waals surface area contributed by atoms with Crippen molar-refractivity contribution in [3.05, 3.63) is 34.6 Å². The van der Waals surface area contributed by atoms with Crippen LogP contribution in [0.2, 0.25) is 5.02 Å². The van der Waals surface area contributed by atoms with E-state index in [1.807, 2.05) is 0 Å². The van der Waals surface area contributed by atoms with Gasteiger partial charge in [0.1, 0.15) is 5.82 Å². The highest BCUT2D eigenvalue weighted by Gasteiger charge is 2.20. The quantitative estimate of drug-likeness (QED) is 0.763. The standard InChI is InChI=1S/C17H26ClFN2O/c1-5-12(3)10-14(6-2)21(4)17(22)20-11-13-8-7-9-15(19)16(13)18/h7-9,12,14H,5-6,10-11H2,1-4H3,(H,20,22). The molecule has 1 aromatic rings. The maximum absolute atomic E-state index is 13.4. The second kappa shape index (κ2) is 8.99. The molecule has 1 N–H and O–H groups in total. The average molecular weight is 329 g/mol. The Bertz CT molecular complexity index is 496. The summed E-state index contributed by atoms with van der Waals surface area (Å²) in [6.45, 7) is 6.66. The SMILES string of the molecule is CCC(C)CC(CC)N(C)C(=O)NCc1cccc(F)c1Cl. The largest absolute Gasteiger partial charge is 0.334 e. The van der Waals surface area contributed by atoms with Crippen LogP contribution in [-0.4, -0.2) is 24.0 Å². The summed E-state index contributed by atoms with van der Waals surface area (Å²) in [5.41, 5.74) is 0.582. The normalized spacial score (nSPS) is 13.5. The van der Waals surface area contributed by atoms with Crippen LogP contribution in [0.15, 0.2) is 18.2 Å². The van der Waals surface area contributed by atoms with Crippen LogP contribution in [0, 0.1) is 11.7 Å². The fraction of sp³-hybridized carbons (Fsp3) is 0.588. The predicted octanol–water partition coefficient (Wildman–Crippen LogP) is 4.84. The van der Waals surface area contributed by atoms with Gasteiger partial charge in [-0.3, -0.25) is 0 Å². The first-order valence-corrected chi connectivity index (χ1v) is 8.21. The maximum atomic E-state index is 13.4. The molecule has 0 aliphatic rings. The Hall–Kier alpha value is -1.29. The first-order chi connectivity index (χ1) is 10.4. The third-order valence-electron chi connectivity index (χ3n) is 4.17. The minimum atomic E-state index is -0.468. The van der Waals surface area contributed by atoms with Gasteiger partial charge in [0.15, 0.2) is 0 Å². The molecule has 22 heavy (non-hydrogen) atoms. The smallest absolute Gasteiger partial charge is 0.317 e. The number of benzene rings is 1. The first kappa shape index (κ1) is 18.8. The van der Waals surface area contributed by atoms with E-state index in [9.17, 15) is 9.18 Å². The number of urea groups is 1. The van der Waals surface area contributed by atoms with Crippen LogP contribution in [0.3, 0.4) is 0 Å². The molecule has 0 saturated heterocycles. The van der Waals surface area contributed by atoms with E-state index in [4.69, 9.17) is 11.6 Å². The molecule has 124 valence electrons. The first-order valence-electron chi connectivity index (χ1n) is 7.84. The lowest BCUT2D eigenvalue weighted by Gasteiger charge is -2.29. The number of amides is 2. The summed E-state index contributed by atoms with van der Waals surface area (Å²) in [5, 5.41) is 2.88. The van der Waals surface area contributed by atoms with Crippen molar-refractivity contribution >= 4 is 17.6 Å². The molecule has 5 heteroatoms. The van der Waals surface area contributed by atoms with E-state index in [1.54, 1.807) is 24.1 Å². The average Bonchev–Trinajstić information content (AvgIpc) is 2.52. The minimum Gasteiger partial charge on any atom is -0.334 e. The van der Waals surface area contributed by atoms with Crippen molar-refractivity contribution in [2.75, 3.05) is 7.05 Å². The number of nitrogens with zero attached hydrogens (tertiary/aromatic N) is 1. The van der Waals surface area contributed by atoms with Gasteiger partial charge in [0.25, 0.3) is 0 Å². The third-order valence-corrected chi connectivity index (χ3v) is 4.60. The van der Waals surface area contributed by atoms with Gasteiger partial charge in [-0.2, -0.15) is 0 Å². The number of carbonyl (C=O) groups is 1. The Labute approximate surface area is 137 Å². The van der Waals surface area contributed by atoms with Gasteiger partial charge < -0.3 is 10.2 Å². The summed E-state index contributed by atoms with van der Waals surface area (Å²) in [4.78, 5) is 14.0. The van der Waals surface area contributed by atoms with E-state index in [0.717, 1.165) is 19.3 Å². The summed E-state index contributed by atoms with van der Waals surface area (Å²) in [6.07, 6.45) is 3.00. The van der Waals surface area contributed by atoms with Crippen LogP contribution in [-0.2, 0) is 6.54 Å². The lowest BCUT2D eigenvalue weighted by Crippen LogP contribution is -2.43. The Morgan fingerprint density at radius 1 is 1.36 bits per heavy atom. The zero-order valence-corrected chi connectivity index (χ0v) is 14.6.